The largest absolute Gasteiger partial charge is 0.497 e. The minimum Gasteiger partial charge on any atom is -0.497 e. The van der Waals surface area contributed by atoms with Gasteiger partial charge in [-0.25, -0.2) is 0 Å². The summed E-state index contributed by atoms with van der Waals surface area (Å²) in [6.07, 6.45) is 2.19. The molecule has 0 amide bonds. The van der Waals surface area contributed by atoms with Crippen molar-refractivity contribution >= 4 is 24.0 Å². The van der Waals surface area contributed by atoms with Gasteiger partial charge in [0, 0.05) is 18.4 Å². The van der Waals surface area contributed by atoms with Gasteiger partial charge in [-0.15, -0.1) is 11.4 Å². The van der Waals surface area contributed by atoms with E-state index in [1.807, 2.05) is 23.5 Å². The van der Waals surface area contributed by atoms with Crippen molar-refractivity contribution in [1.29, 1.82) is 0 Å². The van der Waals surface area contributed by atoms with Crippen molar-refractivity contribution in [3.63, 3.8) is 0 Å². The summed E-state index contributed by atoms with van der Waals surface area (Å²) in [4.78, 5) is 0. The third kappa shape index (κ3) is 3.35. The van der Waals surface area contributed by atoms with Gasteiger partial charge >= 0.3 is 0 Å². The van der Waals surface area contributed by atoms with Crippen molar-refractivity contribution in [2.45, 2.75) is 0 Å². The normalized spacial score (nSPS) is 18.9. The van der Waals surface area contributed by atoms with Gasteiger partial charge in [0.25, 0.3) is 0 Å². The van der Waals surface area contributed by atoms with E-state index in [1.54, 1.807) is 7.11 Å². The fraction of sp³-hybridized carbons (Fsp3) is 0.500. The summed E-state index contributed by atoms with van der Waals surface area (Å²) in [5.41, 5.74) is 0. The molecule has 94 valence electrons. The van der Waals surface area contributed by atoms with Gasteiger partial charge in [-0.05, 0) is 30.5 Å². The molecule has 2 rings (SSSR count). The van der Waals surface area contributed by atoms with E-state index in [0.717, 1.165) is 32.1 Å². The zero-order valence-electron chi connectivity index (χ0n) is 10.3. The van der Waals surface area contributed by atoms with Crippen LogP contribution in [0, 0.1) is 0 Å². The van der Waals surface area contributed by atoms with Crippen LogP contribution in [0.1, 0.15) is 0 Å². The summed E-state index contributed by atoms with van der Waals surface area (Å²) >= 11 is 1.94. The Balaban J connectivity index is 2.10. The molecule has 1 unspecified atom stereocenters. The lowest BCUT2D eigenvalue weighted by atomic mass is 10.3. The molecule has 0 aromatic heterocycles. The number of rotatable bonds is 4. The SMILES string of the molecule is COc1ccc(P(SC)N2CCOCC2)cc1. The molecule has 1 aliphatic heterocycles. The summed E-state index contributed by atoms with van der Waals surface area (Å²) in [5.74, 6) is 0.923. The Kier molecular flexibility index (Phi) is 5.11. The second-order valence-corrected chi connectivity index (χ2v) is 7.85. The number of benzene rings is 1. The maximum absolute atomic E-state index is 5.41. The Morgan fingerprint density at radius 1 is 1.24 bits per heavy atom. The number of ether oxygens (including phenoxy) is 2. The lowest BCUT2D eigenvalue weighted by Gasteiger charge is -2.33. The minimum atomic E-state index is -0.275. The van der Waals surface area contributed by atoms with Gasteiger partial charge in [0.15, 0.2) is 0 Å². The Morgan fingerprint density at radius 2 is 1.88 bits per heavy atom. The molecule has 1 aliphatic rings. The van der Waals surface area contributed by atoms with Crippen LogP contribution in [0.5, 0.6) is 5.75 Å². The van der Waals surface area contributed by atoms with Crippen LogP contribution >= 0.6 is 18.7 Å². The summed E-state index contributed by atoms with van der Waals surface area (Å²) < 4.78 is 13.1. The molecule has 1 aromatic rings. The molecular formula is C12H18NO2PS. The second-order valence-electron chi connectivity index (χ2n) is 3.72. The molecule has 17 heavy (non-hydrogen) atoms. The highest BCUT2D eigenvalue weighted by molar-refractivity contribution is 8.56. The number of nitrogens with zero attached hydrogens (tertiary/aromatic N) is 1. The number of hydrogen-bond donors (Lipinski definition) is 0. The van der Waals surface area contributed by atoms with Gasteiger partial charge in [0.2, 0.25) is 0 Å². The van der Waals surface area contributed by atoms with E-state index in [-0.39, 0.29) is 7.27 Å². The van der Waals surface area contributed by atoms with Gasteiger partial charge in [-0.3, -0.25) is 4.67 Å². The molecule has 1 atom stereocenters. The van der Waals surface area contributed by atoms with Gasteiger partial charge in [-0.2, -0.15) is 0 Å². The number of methoxy groups -OCH3 is 1. The smallest absolute Gasteiger partial charge is 0.118 e. The molecule has 0 N–H and O–H groups in total. The van der Waals surface area contributed by atoms with E-state index in [2.05, 4.69) is 23.1 Å². The predicted octanol–water partition coefficient (Wildman–Crippen LogP) is 2.33. The number of morpholine rings is 1. The zero-order valence-corrected chi connectivity index (χ0v) is 12.0. The van der Waals surface area contributed by atoms with Crippen LogP contribution in [0.25, 0.3) is 0 Å². The summed E-state index contributed by atoms with van der Waals surface area (Å²) in [7, 11) is 1.43. The van der Waals surface area contributed by atoms with E-state index in [1.165, 1.54) is 5.30 Å². The third-order valence-electron chi connectivity index (χ3n) is 2.71. The molecule has 1 fully saturated rings. The topological polar surface area (TPSA) is 21.7 Å². The lowest BCUT2D eigenvalue weighted by Crippen LogP contribution is -2.33. The van der Waals surface area contributed by atoms with Gasteiger partial charge in [0.1, 0.15) is 5.75 Å². The Labute approximate surface area is 108 Å². The maximum atomic E-state index is 5.41. The van der Waals surface area contributed by atoms with Crippen LogP contribution in [0.2, 0.25) is 0 Å². The summed E-state index contributed by atoms with van der Waals surface area (Å²) in [5, 5.41) is 1.40. The lowest BCUT2D eigenvalue weighted by molar-refractivity contribution is 0.0760. The van der Waals surface area contributed by atoms with Crippen molar-refractivity contribution in [2.75, 3.05) is 39.7 Å². The van der Waals surface area contributed by atoms with Crippen LogP contribution in [0.15, 0.2) is 24.3 Å². The molecule has 1 saturated heterocycles. The average Bonchev–Trinajstić information content (AvgIpc) is 2.42. The number of hydrogen-bond acceptors (Lipinski definition) is 4. The van der Waals surface area contributed by atoms with Gasteiger partial charge in [-0.1, -0.05) is 0 Å². The van der Waals surface area contributed by atoms with Crippen LogP contribution in [0.3, 0.4) is 0 Å². The van der Waals surface area contributed by atoms with Crippen molar-refractivity contribution in [1.82, 2.24) is 4.67 Å². The van der Waals surface area contributed by atoms with Crippen molar-refractivity contribution in [3.05, 3.63) is 24.3 Å². The third-order valence-corrected chi connectivity index (χ3v) is 7.07. The van der Waals surface area contributed by atoms with Crippen LogP contribution < -0.4 is 10.0 Å². The Morgan fingerprint density at radius 3 is 2.41 bits per heavy atom. The van der Waals surface area contributed by atoms with Crippen LogP contribution in [-0.4, -0.2) is 44.3 Å². The van der Waals surface area contributed by atoms with E-state index < -0.39 is 0 Å². The monoisotopic (exact) mass is 271 g/mol. The van der Waals surface area contributed by atoms with Gasteiger partial charge in [0.05, 0.1) is 27.6 Å². The first-order valence-electron chi connectivity index (χ1n) is 5.66. The molecule has 1 heterocycles. The second kappa shape index (κ2) is 6.60. The first kappa shape index (κ1) is 13.2. The maximum Gasteiger partial charge on any atom is 0.118 e. The van der Waals surface area contributed by atoms with Crippen LogP contribution in [-0.2, 0) is 4.74 Å². The molecule has 3 nitrogen and oxygen atoms in total. The van der Waals surface area contributed by atoms with E-state index in [9.17, 15) is 0 Å². The highest BCUT2D eigenvalue weighted by atomic mass is 32.7. The molecule has 0 bridgehead atoms. The fourth-order valence-electron chi connectivity index (χ4n) is 1.83. The molecule has 5 heteroatoms. The van der Waals surface area contributed by atoms with E-state index >= 15 is 0 Å². The highest BCUT2D eigenvalue weighted by Gasteiger charge is 2.21. The van der Waals surface area contributed by atoms with E-state index in [4.69, 9.17) is 9.47 Å². The quantitative estimate of drug-likeness (QED) is 0.783. The molecule has 0 aliphatic carbocycles. The van der Waals surface area contributed by atoms with Crippen molar-refractivity contribution in [2.24, 2.45) is 0 Å². The Hall–Kier alpha value is -0.280. The van der Waals surface area contributed by atoms with Crippen molar-refractivity contribution < 1.29 is 9.47 Å². The van der Waals surface area contributed by atoms with E-state index in [0.29, 0.717) is 0 Å². The predicted molar refractivity (Wildman–Crippen MR) is 75.5 cm³/mol. The first-order valence-corrected chi connectivity index (χ1v) is 8.78. The zero-order chi connectivity index (χ0) is 12.1. The standard InChI is InChI=1S/C12H18NO2PS/c1-14-11-3-5-12(6-4-11)16(17-2)13-7-9-15-10-8-13/h3-6H,7-10H2,1-2H3. The Bertz CT molecular complexity index is 341. The minimum absolute atomic E-state index is 0.275. The molecular weight excluding hydrogens is 253 g/mol. The molecule has 0 saturated carbocycles. The molecule has 1 aromatic carbocycles. The van der Waals surface area contributed by atoms with Crippen LogP contribution in [0.4, 0.5) is 0 Å². The van der Waals surface area contributed by atoms with Gasteiger partial charge < -0.3 is 9.47 Å². The average molecular weight is 271 g/mol. The highest BCUT2D eigenvalue weighted by Crippen LogP contribution is 2.50. The first-order chi connectivity index (χ1) is 8.35. The summed E-state index contributed by atoms with van der Waals surface area (Å²) in [6.45, 7) is 3.79. The fourth-order valence-corrected chi connectivity index (χ4v) is 5.71. The molecule has 0 spiro atoms. The summed E-state index contributed by atoms with van der Waals surface area (Å²) in [6, 6.07) is 8.44. The van der Waals surface area contributed by atoms with Crippen molar-refractivity contribution in [3.8, 4) is 5.75 Å². The molecule has 0 radical (unpaired) electrons.